The van der Waals surface area contributed by atoms with Gasteiger partial charge in [0.1, 0.15) is 37.1 Å². The molecule has 0 aromatic heterocycles. The molecule has 0 N–H and O–H groups in total. The van der Waals surface area contributed by atoms with Crippen LogP contribution in [0.4, 0.5) is 9.18 Å². The van der Waals surface area contributed by atoms with Gasteiger partial charge in [-0.05, 0) is 84.0 Å². The molecule has 1 aliphatic carbocycles. The quantitative estimate of drug-likeness (QED) is 0.0691. The molecule has 1 saturated carbocycles. The van der Waals surface area contributed by atoms with Crippen LogP contribution in [0.15, 0.2) is 78.4 Å². The number of fused-ring (bicyclic) bond motifs is 1. The molecule has 17 heteroatoms. The van der Waals surface area contributed by atoms with Crippen LogP contribution in [0, 0.1) is 15.9 Å². The van der Waals surface area contributed by atoms with E-state index >= 15 is 0 Å². The monoisotopic (exact) mass is 827 g/mol. The lowest BCUT2D eigenvalue weighted by Crippen LogP contribution is -2.44. The summed E-state index contributed by atoms with van der Waals surface area (Å²) in [4.78, 5) is 46.6. The summed E-state index contributed by atoms with van der Waals surface area (Å²) < 4.78 is 41.7. The van der Waals surface area contributed by atoms with Crippen LogP contribution in [0.3, 0.4) is 0 Å². The second kappa shape index (κ2) is 17.1. The summed E-state index contributed by atoms with van der Waals surface area (Å²) in [5.41, 5.74) is 3.08. The molecular weight excluding hydrogens is 796 g/mol. The van der Waals surface area contributed by atoms with Crippen molar-refractivity contribution in [1.82, 2.24) is 9.80 Å². The number of hydrogen-bond acceptors (Lipinski definition) is 10. The molecule has 56 heavy (non-hydrogen) atoms. The molecule has 0 unspecified atom stereocenters. The van der Waals surface area contributed by atoms with E-state index < -0.39 is 17.0 Å². The molecule has 13 nitrogen and oxygen atoms in total. The van der Waals surface area contributed by atoms with Gasteiger partial charge in [0.05, 0.1) is 16.6 Å². The maximum atomic E-state index is 14.7. The van der Waals surface area contributed by atoms with Crippen LogP contribution in [-0.4, -0.2) is 66.0 Å². The highest BCUT2D eigenvalue weighted by Crippen LogP contribution is 2.40. The van der Waals surface area contributed by atoms with Crippen molar-refractivity contribution >= 4 is 52.4 Å². The summed E-state index contributed by atoms with van der Waals surface area (Å²) >= 11 is 18.8. The molecule has 2 heterocycles. The van der Waals surface area contributed by atoms with E-state index in [1.807, 2.05) is 12.1 Å². The molecule has 2 aliphatic heterocycles. The molecular formula is C39H33Cl3FN3O10. The molecule has 292 valence electrons. The molecule has 1 fully saturated rings. The first-order valence-corrected chi connectivity index (χ1v) is 18.6. The topological polar surface area (TPSA) is 139 Å². The number of amides is 2. The Balaban J connectivity index is 1.10. The first-order valence-electron chi connectivity index (χ1n) is 17.5. The van der Waals surface area contributed by atoms with Crippen molar-refractivity contribution in [3.63, 3.8) is 0 Å². The fourth-order valence-electron chi connectivity index (χ4n) is 6.34. The average Bonchev–Trinajstić information content (AvgIpc) is 3.92. The maximum absolute atomic E-state index is 14.7. The van der Waals surface area contributed by atoms with Crippen LogP contribution in [0.2, 0.25) is 15.1 Å². The number of carbonyl (C=O) groups is 2. The van der Waals surface area contributed by atoms with Crippen LogP contribution < -0.4 is 23.7 Å². The van der Waals surface area contributed by atoms with Gasteiger partial charge in [0, 0.05) is 35.8 Å². The Hall–Kier alpha value is -5.44. The standard InChI is InChI=1S/C39H33Cl3FN3O10/c40-32-18-36-35(53-22-54-36)15-25(32)19-45(27-6-7-27)38(47)31-20-44(39(48)56-29-3-1-2-23(14-29)21-55-46(49)50)11-10-30(31)24-4-8-28(9-5-24)51-12-13-52-37-33(41)16-26(43)17-34(37)42/h1-5,8-9,14-18,27H,6-7,10-13,19-22H2. The number of hydrogen-bond donors (Lipinski definition) is 0. The first-order chi connectivity index (χ1) is 27.0. The van der Waals surface area contributed by atoms with Crippen molar-refractivity contribution in [2.75, 3.05) is 33.1 Å². The molecule has 3 aliphatic rings. The molecule has 4 aromatic carbocycles. The summed E-state index contributed by atoms with van der Waals surface area (Å²) in [5, 5.41) is 10.3. The highest BCUT2D eigenvalue weighted by Gasteiger charge is 2.38. The van der Waals surface area contributed by atoms with E-state index in [1.54, 1.807) is 47.4 Å². The second-order valence-electron chi connectivity index (χ2n) is 13.0. The molecule has 0 bridgehead atoms. The van der Waals surface area contributed by atoms with Crippen LogP contribution in [0.5, 0.6) is 28.7 Å². The van der Waals surface area contributed by atoms with E-state index in [1.165, 1.54) is 11.0 Å². The zero-order valence-electron chi connectivity index (χ0n) is 29.5. The van der Waals surface area contributed by atoms with Gasteiger partial charge in [-0.25, -0.2) is 9.18 Å². The van der Waals surface area contributed by atoms with Gasteiger partial charge in [-0.15, -0.1) is 10.1 Å². The van der Waals surface area contributed by atoms with Crippen molar-refractivity contribution in [2.24, 2.45) is 0 Å². The lowest BCUT2D eigenvalue weighted by atomic mass is 9.92. The van der Waals surface area contributed by atoms with Crippen molar-refractivity contribution < 1.29 is 47.6 Å². The number of benzene rings is 4. The van der Waals surface area contributed by atoms with Crippen molar-refractivity contribution in [1.29, 1.82) is 0 Å². The Kier molecular flexibility index (Phi) is 11.9. The van der Waals surface area contributed by atoms with Gasteiger partial charge in [-0.2, -0.15) is 0 Å². The summed E-state index contributed by atoms with van der Waals surface area (Å²) in [6, 6.07) is 19.1. The predicted octanol–water partition coefficient (Wildman–Crippen LogP) is 8.53. The largest absolute Gasteiger partial charge is 0.490 e. The predicted molar refractivity (Wildman–Crippen MR) is 202 cm³/mol. The lowest BCUT2D eigenvalue weighted by molar-refractivity contribution is -0.763. The summed E-state index contributed by atoms with van der Waals surface area (Å²) in [5.74, 6) is 1.12. The van der Waals surface area contributed by atoms with Gasteiger partial charge in [0.25, 0.3) is 11.0 Å². The van der Waals surface area contributed by atoms with Crippen molar-refractivity contribution in [3.8, 4) is 28.7 Å². The van der Waals surface area contributed by atoms with E-state index in [9.17, 15) is 24.1 Å². The van der Waals surface area contributed by atoms with Crippen LogP contribution in [-0.2, 0) is 22.8 Å². The Morgan fingerprint density at radius 1 is 0.911 bits per heavy atom. The summed E-state index contributed by atoms with van der Waals surface area (Å²) in [6.45, 7) is 0.408. The third-order valence-corrected chi connectivity index (χ3v) is 10.1. The number of ether oxygens (including phenoxy) is 5. The summed E-state index contributed by atoms with van der Waals surface area (Å²) in [6.07, 6.45) is 1.28. The number of halogens is 4. The van der Waals surface area contributed by atoms with E-state index in [4.69, 9.17) is 58.5 Å². The maximum Gasteiger partial charge on any atom is 0.415 e. The van der Waals surface area contributed by atoms with Crippen molar-refractivity contribution in [2.45, 2.75) is 38.5 Å². The zero-order valence-corrected chi connectivity index (χ0v) is 31.8. The lowest BCUT2D eigenvalue weighted by Gasteiger charge is -2.33. The molecule has 0 spiro atoms. The van der Waals surface area contributed by atoms with Crippen LogP contribution >= 0.6 is 34.8 Å². The van der Waals surface area contributed by atoms with Gasteiger partial charge in [0.2, 0.25) is 6.79 Å². The number of carbonyl (C=O) groups excluding carboxylic acids is 2. The molecule has 7 rings (SSSR count). The van der Waals surface area contributed by atoms with Gasteiger partial charge in [0.15, 0.2) is 17.2 Å². The molecule has 0 saturated heterocycles. The minimum absolute atomic E-state index is 0.0261. The van der Waals surface area contributed by atoms with E-state index in [0.29, 0.717) is 45.4 Å². The molecule has 0 atom stereocenters. The second-order valence-corrected chi connectivity index (χ2v) is 14.2. The molecule has 0 radical (unpaired) electrons. The molecule has 2 amide bonds. The van der Waals surface area contributed by atoms with Gasteiger partial charge < -0.3 is 38.3 Å². The Labute approximate surface area is 335 Å². The third kappa shape index (κ3) is 9.32. The van der Waals surface area contributed by atoms with Crippen molar-refractivity contribution in [3.05, 3.63) is 126 Å². The smallest absolute Gasteiger partial charge is 0.415 e. The van der Waals surface area contributed by atoms with Gasteiger partial charge >= 0.3 is 6.09 Å². The minimum atomic E-state index is -0.902. The Bertz CT molecular complexity index is 2160. The zero-order chi connectivity index (χ0) is 39.3. The van der Waals surface area contributed by atoms with Crippen LogP contribution in [0.25, 0.3) is 5.57 Å². The minimum Gasteiger partial charge on any atom is -0.490 e. The highest BCUT2D eigenvalue weighted by atomic mass is 35.5. The summed E-state index contributed by atoms with van der Waals surface area (Å²) in [7, 11) is 0. The third-order valence-electron chi connectivity index (χ3n) is 9.20. The average molecular weight is 829 g/mol. The van der Waals surface area contributed by atoms with Gasteiger partial charge in [-0.3, -0.25) is 4.79 Å². The van der Waals surface area contributed by atoms with E-state index in [-0.39, 0.29) is 79.7 Å². The molecule has 4 aromatic rings. The number of nitrogens with zero attached hydrogens (tertiary/aromatic N) is 3. The highest BCUT2D eigenvalue weighted by molar-refractivity contribution is 6.37. The fourth-order valence-corrected chi connectivity index (χ4v) is 7.12. The number of rotatable bonds is 14. The van der Waals surface area contributed by atoms with E-state index in [0.717, 1.165) is 36.1 Å². The van der Waals surface area contributed by atoms with Gasteiger partial charge in [-0.1, -0.05) is 59.1 Å². The first kappa shape index (κ1) is 38.8. The van der Waals surface area contributed by atoms with Crippen LogP contribution in [0.1, 0.15) is 36.0 Å². The Morgan fingerprint density at radius 2 is 1.62 bits per heavy atom. The Morgan fingerprint density at radius 3 is 2.34 bits per heavy atom. The SMILES string of the molecule is O=C(Oc1cccc(CO[N+](=O)[O-])c1)N1CCC(c2ccc(OCCOc3c(Cl)cc(F)cc3Cl)cc2)=C(C(=O)N(Cc2cc3c(cc2Cl)OCO3)C2CC2)C1. The fraction of sp³-hybridized carbons (Fsp3) is 0.282. The normalized spacial score (nSPS) is 14.7. The van der Waals surface area contributed by atoms with E-state index in [2.05, 4.69) is 4.84 Å².